The molecule has 1 atom stereocenters. The summed E-state index contributed by atoms with van der Waals surface area (Å²) in [6.07, 6.45) is -4.15. The van der Waals surface area contributed by atoms with Crippen LogP contribution >= 0.6 is 0 Å². The van der Waals surface area contributed by atoms with Crippen LogP contribution in [0.4, 0.5) is 23.4 Å². The van der Waals surface area contributed by atoms with Crippen molar-refractivity contribution < 1.29 is 31.9 Å². The minimum absolute atomic E-state index is 0.357. The van der Waals surface area contributed by atoms with E-state index >= 15 is 0 Å². The Balaban J connectivity index is 2.50. The SMILES string of the molecule is COC(=O)[C@@](NC(=O)c1ccccc1F)(Nc1ccccn1)C(F)(F)F. The molecular formula is C16H13F4N3O3. The molecule has 10 heteroatoms. The fourth-order valence-electron chi connectivity index (χ4n) is 2.06. The first-order valence-electron chi connectivity index (χ1n) is 7.12. The normalized spacial score (nSPS) is 13.4. The van der Waals surface area contributed by atoms with E-state index in [9.17, 15) is 27.2 Å². The Morgan fingerprint density at radius 1 is 1.08 bits per heavy atom. The largest absolute Gasteiger partial charge is 0.466 e. The van der Waals surface area contributed by atoms with E-state index < -0.39 is 35.1 Å². The number of carbonyl (C=O) groups excluding carboxylic acids is 2. The van der Waals surface area contributed by atoms with Crippen LogP contribution < -0.4 is 10.6 Å². The van der Waals surface area contributed by atoms with Gasteiger partial charge in [-0.15, -0.1) is 0 Å². The quantitative estimate of drug-likeness (QED) is 0.480. The number of benzene rings is 1. The molecule has 1 heterocycles. The van der Waals surface area contributed by atoms with Crippen LogP contribution in [0.1, 0.15) is 10.4 Å². The van der Waals surface area contributed by atoms with Gasteiger partial charge in [-0.1, -0.05) is 18.2 Å². The number of nitrogens with zero attached hydrogens (tertiary/aromatic N) is 1. The van der Waals surface area contributed by atoms with Gasteiger partial charge in [-0.2, -0.15) is 13.2 Å². The zero-order valence-electron chi connectivity index (χ0n) is 13.3. The molecule has 0 saturated carbocycles. The Kier molecular flexibility index (Phi) is 5.44. The maximum absolute atomic E-state index is 13.8. The third-order valence-electron chi connectivity index (χ3n) is 3.32. The number of rotatable bonds is 5. The summed E-state index contributed by atoms with van der Waals surface area (Å²) in [4.78, 5) is 27.9. The first-order valence-corrected chi connectivity index (χ1v) is 7.12. The van der Waals surface area contributed by atoms with Gasteiger partial charge in [-0.05, 0) is 24.3 Å². The molecule has 0 saturated heterocycles. The van der Waals surface area contributed by atoms with Crippen LogP contribution in [0.3, 0.4) is 0 Å². The second kappa shape index (κ2) is 7.38. The van der Waals surface area contributed by atoms with Gasteiger partial charge in [0.2, 0.25) is 0 Å². The molecule has 26 heavy (non-hydrogen) atoms. The highest BCUT2D eigenvalue weighted by Crippen LogP contribution is 2.33. The van der Waals surface area contributed by atoms with Gasteiger partial charge in [0, 0.05) is 6.20 Å². The monoisotopic (exact) mass is 371 g/mol. The van der Waals surface area contributed by atoms with E-state index in [4.69, 9.17) is 0 Å². The third-order valence-corrected chi connectivity index (χ3v) is 3.32. The topological polar surface area (TPSA) is 80.3 Å². The van der Waals surface area contributed by atoms with Crippen LogP contribution in [0.25, 0.3) is 0 Å². The number of nitrogens with one attached hydrogen (secondary N) is 2. The average Bonchev–Trinajstić information content (AvgIpc) is 2.60. The van der Waals surface area contributed by atoms with Crippen LogP contribution in [0.5, 0.6) is 0 Å². The lowest BCUT2D eigenvalue weighted by atomic mass is 10.1. The van der Waals surface area contributed by atoms with Gasteiger partial charge in [-0.3, -0.25) is 4.79 Å². The number of halogens is 4. The highest BCUT2D eigenvalue weighted by atomic mass is 19.4. The number of pyridine rings is 1. The lowest BCUT2D eigenvalue weighted by Gasteiger charge is -2.34. The Hall–Kier alpha value is -3.17. The molecule has 2 aromatic rings. The van der Waals surface area contributed by atoms with E-state index in [2.05, 4.69) is 9.72 Å². The predicted octanol–water partition coefficient (Wildman–Crippen LogP) is 2.49. The number of alkyl halides is 3. The number of carbonyl (C=O) groups is 2. The van der Waals surface area contributed by atoms with Gasteiger partial charge in [0.1, 0.15) is 11.6 Å². The first kappa shape index (κ1) is 19.2. The van der Waals surface area contributed by atoms with E-state index in [1.165, 1.54) is 35.8 Å². The number of aromatic nitrogens is 1. The Bertz CT molecular complexity index is 799. The van der Waals surface area contributed by atoms with Crippen molar-refractivity contribution in [1.29, 1.82) is 0 Å². The van der Waals surface area contributed by atoms with E-state index in [0.29, 0.717) is 0 Å². The maximum atomic E-state index is 13.8. The number of methoxy groups -OCH3 is 1. The molecule has 1 aromatic carbocycles. The van der Waals surface area contributed by atoms with E-state index in [1.807, 2.05) is 5.32 Å². The number of ether oxygens (including phenoxy) is 1. The van der Waals surface area contributed by atoms with Crippen LogP contribution in [-0.4, -0.2) is 35.8 Å². The molecule has 0 fully saturated rings. The number of amides is 1. The molecule has 0 aliphatic rings. The van der Waals surface area contributed by atoms with Gasteiger partial charge in [0.25, 0.3) is 5.91 Å². The van der Waals surface area contributed by atoms with Crippen molar-refractivity contribution in [2.45, 2.75) is 11.8 Å². The first-order chi connectivity index (χ1) is 12.2. The smallest absolute Gasteiger partial charge is 0.441 e. The van der Waals surface area contributed by atoms with Crippen LogP contribution in [0.15, 0.2) is 48.7 Å². The fourth-order valence-corrected chi connectivity index (χ4v) is 2.06. The lowest BCUT2D eigenvalue weighted by molar-refractivity contribution is -0.203. The van der Waals surface area contributed by atoms with E-state index in [-0.39, 0.29) is 5.82 Å². The lowest BCUT2D eigenvalue weighted by Crippen LogP contribution is -2.69. The summed E-state index contributed by atoms with van der Waals surface area (Å²) in [6, 6.07) is 8.35. The zero-order chi connectivity index (χ0) is 19.4. The van der Waals surface area contributed by atoms with Gasteiger partial charge in [0.15, 0.2) is 0 Å². The standard InChI is InChI=1S/C16H13F4N3O3/c1-26-14(25)15(16(18,19)20,22-12-8-4-5-9-21-12)23-13(24)10-6-2-3-7-11(10)17/h2-9H,1H3,(H,21,22)(H,23,24)/t15-/m0/s1. The fraction of sp³-hybridized carbons (Fsp3) is 0.188. The number of hydrogen-bond acceptors (Lipinski definition) is 5. The van der Waals surface area contributed by atoms with Crippen LogP contribution in [0.2, 0.25) is 0 Å². The minimum atomic E-state index is -5.33. The number of hydrogen-bond donors (Lipinski definition) is 2. The molecule has 2 N–H and O–H groups in total. The summed E-state index contributed by atoms with van der Waals surface area (Å²) in [5.74, 6) is -4.72. The average molecular weight is 371 g/mol. The molecule has 1 amide bonds. The summed E-state index contributed by atoms with van der Waals surface area (Å²) in [6.45, 7) is 0. The van der Waals surface area contributed by atoms with Gasteiger partial charge < -0.3 is 15.4 Å². The summed E-state index contributed by atoms with van der Waals surface area (Å²) < 4.78 is 59.3. The molecule has 6 nitrogen and oxygen atoms in total. The van der Waals surface area contributed by atoms with Crippen LogP contribution in [-0.2, 0) is 9.53 Å². The van der Waals surface area contributed by atoms with Crippen LogP contribution in [0, 0.1) is 5.82 Å². The van der Waals surface area contributed by atoms with E-state index in [0.717, 1.165) is 25.3 Å². The molecule has 138 valence electrons. The minimum Gasteiger partial charge on any atom is -0.466 e. The van der Waals surface area contributed by atoms with Gasteiger partial charge in [0.05, 0.1) is 12.7 Å². The summed E-state index contributed by atoms with van der Waals surface area (Å²) in [5, 5.41) is 3.34. The summed E-state index contributed by atoms with van der Waals surface area (Å²) in [5.41, 5.74) is -4.34. The number of esters is 1. The molecule has 0 spiro atoms. The third kappa shape index (κ3) is 3.73. The maximum Gasteiger partial charge on any atom is 0.441 e. The molecule has 2 rings (SSSR count). The Morgan fingerprint density at radius 2 is 1.73 bits per heavy atom. The second-order valence-corrected chi connectivity index (χ2v) is 5.01. The summed E-state index contributed by atoms with van der Waals surface area (Å²) >= 11 is 0. The Labute approximate surface area is 145 Å². The van der Waals surface area contributed by atoms with Crippen molar-refractivity contribution in [2.24, 2.45) is 0 Å². The van der Waals surface area contributed by atoms with Crippen molar-refractivity contribution >= 4 is 17.7 Å². The van der Waals surface area contributed by atoms with Gasteiger partial charge in [-0.25, -0.2) is 14.2 Å². The highest BCUT2D eigenvalue weighted by molar-refractivity contribution is 5.99. The molecule has 0 radical (unpaired) electrons. The molecule has 1 aromatic heterocycles. The molecular weight excluding hydrogens is 358 g/mol. The second-order valence-electron chi connectivity index (χ2n) is 5.01. The van der Waals surface area contributed by atoms with Crippen molar-refractivity contribution in [3.8, 4) is 0 Å². The van der Waals surface area contributed by atoms with Crippen molar-refractivity contribution in [1.82, 2.24) is 10.3 Å². The van der Waals surface area contributed by atoms with Crippen molar-refractivity contribution in [2.75, 3.05) is 12.4 Å². The van der Waals surface area contributed by atoms with Crippen molar-refractivity contribution in [3.05, 3.63) is 60.0 Å². The van der Waals surface area contributed by atoms with Crippen molar-refractivity contribution in [3.63, 3.8) is 0 Å². The Morgan fingerprint density at radius 3 is 2.27 bits per heavy atom. The molecule has 0 unspecified atom stereocenters. The summed E-state index contributed by atoms with van der Waals surface area (Å²) in [7, 11) is 0.720. The zero-order valence-corrected chi connectivity index (χ0v) is 13.3. The molecule has 0 aliphatic heterocycles. The predicted molar refractivity (Wildman–Crippen MR) is 82.5 cm³/mol. The van der Waals surface area contributed by atoms with E-state index in [1.54, 1.807) is 0 Å². The van der Waals surface area contributed by atoms with Gasteiger partial charge >= 0.3 is 17.8 Å². The molecule has 0 bridgehead atoms. The molecule has 0 aliphatic carbocycles. The highest BCUT2D eigenvalue weighted by Gasteiger charge is 2.63. The number of anilines is 1.